The predicted octanol–water partition coefficient (Wildman–Crippen LogP) is 2.41. The summed E-state index contributed by atoms with van der Waals surface area (Å²) >= 11 is 0. The van der Waals surface area contributed by atoms with E-state index in [1.54, 1.807) is 0 Å². The zero-order chi connectivity index (χ0) is 8.27. The normalized spacial score (nSPS) is 32.7. The van der Waals surface area contributed by atoms with Gasteiger partial charge in [0.2, 0.25) is 0 Å². The molecule has 0 spiro atoms. The first-order valence-electron chi connectivity index (χ1n) is 4.94. The van der Waals surface area contributed by atoms with Crippen molar-refractivity contribution in [1.82, 2.24) is 0 Å². The third-order valence-electron chi connectivity index (χ3n) is 3.10. The number of hydrogen-bond donors (Lipinski definition) is 1. The van der Waals surface area contributed by atoms with Crippen LogP contribution in [0.25, 0.3) is 0 Å². The molecule has 1 heteroatoms. The molecule has 0 radical (unpaired) electrons. The Morgan fingerprint density at radius 1 is 1.36 bits per heavy atom. The maximum Gasteiger partial charge on any atom is -0.00488 e. The van der Waals surface area contributed by atoms with Gasteiger partial charge in [-0.15, -0.1) is 0 Å². The van der Waals surface area contributed by atoms with E-state index in [2.05, 4.69) is 13.8 Å². The summed E-state index contributed by atoms with van der Waals surface area (Å²) in [6, 6.07) is 0. The summed E-state index contributed by atoms with van der Waals surface area (Å²) in [5.41, 5.74) is 5.67. The molecule has 1 aliphatic rings. The van der Waals surface area contributed by atoms with Crippen LogP contribution in [0.1, 0.15) is 39.5 Å². The van der Waals surface area contributed by atoms with E-state index in [1.807, 2.05) is 0 Å². The monoisotopic (exact) mass is 155 g/mol. The van der Waals surface area contributed by atoms with Crippen LogP contribution in [0.5, 0.6) is 0 Å². The molecule has 0 saturated heterocycles. The van der Waals surface area contributed by atoms with E-state index in [4.69, 9.17) is 5.73 Å². The van der Waals surface area contributed by atoms with Gasteiger partial charge in [0.05, 0.1) is 0 Å². The van der Waals surface area contributed by atoms with Gasteiger partial charge >= 0.3 is 0 Å². The van der Waals surface area contributed by atoms with E-state index >= 15 is 0 Å². The Bertz CT molecular complexity index is 109. The van der Waals surface area contributed by atoms with E-state index in [1.165, 1.54) is 25.7 Å². The molecule has 0 heterocycles. The molecule has 1 nitrogen and oxygen atoms in total. The van der Waals surface area contributed by atoms with Crippen LogP contribution in [-0.4, -0.2) is 6.54 Å². The van der Waals surface area contributed by atoms with Gasteiger partial charge < -0.3 is 5.73 Å². The zero-order valence-electron chi connectivity index (χ0n) is 7.84. The number of rotatable bonds is 2. The zero-order valence-corrected chi connectivity index (χ0v) is 7.84. The van der Waals surface area contributed by atoms with Crippen LogP contribution < -0.4 is 5.73 Å². The van der Waals surface area contributed by atoms with Crippen LogP contribution in [0, 0.1) is 17.8 Å². The third-order valence-corrected chi connectivity index (χ3v) is 3.10. The smallest absolute Gasteiger partial charge is 0.00488 e. The highest BCUT2D eigenvalue weighted by molar-refractivity contribution is 4.75. The van der Waals surface area contributed by atoms with E-state index in [0.29, 0.717) is 0 Å². The molecule has 11 heavy (non-hydrogen) atoms. The van der Waals surface area contributed by atoms with Crippen molar-refractivity contribution in [2.24, 2.45) is 23.5 Å². The van der Waals surface area contributed by atoms with Crippen LogP contribution in [0.3, 0.4) is 0 Å². The van der Waals surface area contributed by atoms with Crippen molar-refractivity contribution in [1.29, 1.82) is 0 Å². The lowest BCUT2D eigenvalue weighted by Gasteiger charge is -2.30. The summed E-state index contributed by atoms with van der Waals surface area (Å²) in [5.74, 6) is 2.65. The van der Waals surface area contributed by atoms with Crippen molar-refractivity contribution in [3.05, 3.63) is 0 Å². The fourth-order valence-electron chi connectivity index (χ4n) is 2.15. The van der Waals surface area contributed by atoms with E-state index in [0.717, 1.165) is 24.3 Å². The minimum absolute atomic E-state index is 0.830. The fourth-order valence-corrected chi connectivity index (χ4v) is 2.15. The van der Waals surface area contributed by atoms with Crippen LogP contribution in [-0.2, 0) is 0 Å². The molecule has 0 aromatic rings. The standard InChI is InChI=1S/C10H21N/c1-8(2)10-5-3-4-9(6-10)7-11/h8-10H,3-7,11H2,1-2H3. The van der Waals surface area contributed by atoms with Gasteiger partial charge in [-0.1, -0.05) is 26.7 Å². The average molecular weight is 155 g/mol. The van der Waals surface area contributed by atoms with Crippen LogP contribution in [0.15, 0.2) is 0 Å². The summed E-state index contributed by atoms with van der Waals surface area (Å²) in [5, 5.41) is 0. The largest absolute Gasteiger partial charge is 0.330 e. The first-order valence-corrected chi connectivity index (χ1v) is 4.94. The van der Waals surface area contributed by atoms with E-state index in [-0.39, 0.29) is 0 Å². The molecule has 2 unspecified atom stereocenters. The topological polar surface area (TPSA) is 26.0 Å². The van der Waals surface area contributed by atoms with Crippen molar-refractivity contribution < 1.29 is 0 Å². The Balaban J connectivity index is 2.33. The second-order valence-corrected chi connectivity index (χ2v) is 4.27. The minimum atomic E-state index is 0.830. The Labute approximate surface area is 70.4 Å². The number of hydrogen-bond acceptors (Lipinski definition) is 1. The van der Waals surface area contributed by atoms with Crippen molar-refractivity contribution in [3.8, 4) is 0 Å². The van der Waals surface area contributed by atoms with Crippen molar-refractivity contribution in [3.63, 3.8) is 0 Å². The molecule has 66 valence electrons. The maximum absolute atomic E-state index is 5.67. The van der Waals surface area contributed by atoms with Crippen LogP contribution in [0.4, 0.5) is 0 Å². The van der Waals surface area contributed by atoms with Gasteiger partial charge in [-0.3, -0.25) is 0 Å². The second-order valence-electron chi connectivity index (χ2n) is 4.27. The molecular weight excluding hydrogens is 134 g/mol. The highest BCUT2D eigenvalue weighted by Gasteiger charge is 2.22. The lowest BCUT2D eigenvalue weighted by Crippen LogP contribution is -2.24. The summed E-state index contributed by atoms with van der Waals surface area (Å²) in [6.07, 6.45) is 5.60. The first-order chi connectivity index (χ1) is 5.24. The lowest BCUT2D eigenvalue weighted by atomic mass is 9.76. The molecule has 0 bridgehead atoms. The molecular formula is C10H21N. The van der Waals surface area contributed by atoms with E-state index < -0.39 is 0 Å². The molecule has 0 aliphatic heterocycles. The van der Waals surface area contributed by atoms with Gasteiger partial charge in [0.1, 0.15) is 0 Å². The SMILES string of the molecule is CC(C)C1CCCC(CN)C1. The van der Waals surface area contributed by atoms with E-state index in [9.17, 15) is 0 Å². The highest BCUT2D eigenvalue weighted by atomic mass is 14.6. The van der Waals surface area contributed by atoms with Gasteiger partial charge in [-0.05, 0) is 37.1 Å². The Morgan fingerprint density at radius 2 is 2.09 bits per heavy atom. The molecule has 2 atom stereocenters. The Hall–Kier alpha value is -0.0400. The van der Waals surface area contributed by atoms with Crippen molar-refractivity contribution in [2.75, 3.05) is 6.54 Å². The predicted molar refractivity (Wildman–Crippen MR) is 49.3 cm³/mol. The van der Waals surface area contributed by atoms with Crippen LogP contribution >= 0.6 is 0 Å². The molecule has 1 fully saturated rings. The molecule has 2 N–H and O–H groups in total. The number of nitrogens with two attached hydrogens (primary N) is 1. The van der Waals surface area contributed by atoms with Crippen molar-refractivity contribution in [2.45, 2.75) is 39.5 Å². The summed E-state index contributed by atoms with van der Waals surface area (Å²) in [7, 11) is 0. The summed E-state index contributed by atoms with van der Waals surface area (Å²) in [4.78, 5) is 0. The first kappa shape index (κ1) is 9.05. The van der Waals surface area contributed by atoms with Gasteiger partial charge in [-0.2, -0.15) is 0 Å². The summed E-state index contributed by atoms with van der Waals surface area (Å²) in [6.45, 7) is 5.58. The lowest BCUT2D eigenvalue weighted by molar-refractivity contribution is 0.219. The van der Waals surface area contributed by atoms with Gasteiger partial charge in [0.15, 0.2) is 0 Å². The fraction of sp³-hybridized carbons (Fsp3) is 1.00. The minimum Gasteiger partial charge on any atom is -0.330 e. The van der Waals surface area contributed by atoms with Gasteiger partial charge in [-0.25, -0.2) is 0 Å². The maximum atomic E-state index is 5.67. The highest BCUT2D eigenvalue weighted by Crippen LogP contribution is 2.32. The molecule has 1 saturated carbocycles. The average Bonchev–Trinajstić information content (AvgIpc) is 2.05. The molecule has 1 rings (SSSR count). The van der Waals surface area contributed by atoms with Crippen molar-refractivity contribution >= 4 is 0 Å². The van der Waals surface area contributed by atoms with Gasteiger partial charge in [0.25, 0.3) is 0 Å². The van der Waals surface area contributed by atoms with Gasteiger partial charge in [0, 0.05) is 0 Å². The molecule has 1 aliphatic carbocycles. The Morgan fingerprint density at radius 3 is 2.64 bits per heavy atom. The van der Waals surface area contributed by atoms with Crippen LogP contribution in [0.2, 0.25) is 0 Å². The molecule has 0 aromatic heterocycles. The Kier molecular flexibility index (Phi) is 3.38. The third kappa shape index (κ3) is 2.48. The molecule has 0 aromatic carbocycles. The quantitative estimate of drug-likeness (QED) is 0.651. The second kappa shape index (κ2) is 4.10. The molecule has 0 amide bonds. The summed E-state index contributed by atoms with van der Waals surface area (Å²) < 4.78 is 0.